The summed E-state index contributed by atoms with van der Waals surface area (Å²) in [6.45, 7) is 1.42. The molecular weight excluding hydrogens is 326 g/mol. The van der Waals surface area contributed by atoms with Crippen LogP contribution in [0, 0.1) is 0 Å². The maximum atomic E-state index is 11.2. The number of hydrogen-bond donors (Lipinski definition) is 3. The van der Waals surface area contributed by atoms with E-state index in [0.717, 1.165) is 0 Å². The average Bonchev–Trinajstić information content (AvgIpc) is 2.43. The fourth-order valence-electron chi connectivity index (χ4n) is 1.45. The second kappa shape index (κ2) is 6.31. The molecule has 4 N–H and O–H groups in total. The lowest BCUT2D eigenvalue weighted by atomic mass is 10.3. The van der Waals surface area contributed by atoms with Gasteiger partial charge in [-0.1, -0.05) is 12.1 Å². The Morgan fingerprint density at radius 1 is 1.40 bits per heavy atom. The van der Waals surface area contributed by atoms with Crippen molar-refractivity contribution in [3.63, 3.8) is 0 Å². The predicted octanol–water partition coefficient (Wildman–Crippen LogP) is 2.28. The van der Waals surface area contributed by atoms with E-state index in [1.807, 2.05) is 0 Å². The fraction of sp³-hybridized carbons (Fsp3) is 0.0833. The third-order valence-electron chi connectivity index (χ3n) is 2.25. The van der Waals surface area contributed by atoms with E-state index in [4.69, 9.17) is 10.6 Å². The monoisotopic (exact) mass is 337 g/mol. The van der Waals surface area contributed by atoms with Crippen LogP contribution in [0.2, 0.25) is 0 Å². The number of nitrogen functional groups attached to an aromatic ring is 1. The standard InChI is InChI=1S/C12H12BrN5O2/c1-7(19)16-9-4-2-3-5-10(9)20-11-8(13)6-15-12(17-11)18-14/h2-6H,14H2,1H3,(H,16,19)(H,15,17,18). The van der Waals surface area contributed by atoms with Crippen LogP contribution in [0.15, 0.2) is 34.9 Å². The first kappa shape index (κ1) is 14.2. The third-order valence-corrected chi connectivity index (χ3v) is 2.79. The Bertz CT molecular complexity index is 635. The Balaban J connectivity index is 2.32. The average molecular weight is 338 g/mol. The molecule has 0 radical (unpaired) electrons. The Labute approximate surface area is 123 Å². The number of benzene rings is 1. The van der Waals surface area contributed by atoms with Gasteiger partial charge in [0.25, 0.3) is 0 Å². The molecule has 1 amide bonds. The quantitative estimate of drug-likeness (QED) is 0.584. The van der Waals surface area contributed by atoms with Gasteiger partial charge in [-0.15, -0.1) is 0 Å². The Hall–Kier alpha value is -2.19. The zero-order chi connectivity index (χ0) is 14.5. The number of rotatable bonds is 4. The van der Waals surface area contributed by atoms with Crippen LogP contribution in [-0.2, 0) is 4.79 Å². The lowest BCUT2D eigenvalue weighted by Gasteiger charge is -2.11. The first-order valence-corrected chi connectivity index (χ1v) is 6.43. The van der Waals surface area contributed by atoms with Crippen LogP contribution in [0.1, 0.15) is 6.92 Å². The van der Waals surface area contributed by atoms with Gasteiger partial charge in [0.2, 0.25) is 17.7 Å². The van der Waals surface area contributed by atoms with Gasteiger partial charge in [-0.25, -0.2) is 10.8 Å². The summed E-state index contributed by atoms with van der Waals surface area (Å²) < 4.78 is 6.24. The molecule has 0 saturated heterocycles. The molecule has 7 nitrogen and oxygen atoms in total. The number of halogens is 1. The molecule has 20 heavy (non-hydrogen) atoms. The van der Waals surface area contributed by atoms with Crippen molar-refractivity contribution in [1.29, 1.82) is 0 Å². The first-order valence-electron chi connectivity index (χ1n) is 5.64. The highest BCUT2D eigenvalue weighted by Crippen LogP contribution is 2.32. The number of nitrogens with two attached hydrogens (primary N) is 1. The SMILES string of the molecule is CC(=O)Nc1ccccc1Oc1nc(NN)ncc1Br. The van der Waals surface area contributed by atoms with Gasteiger partial charge in [-0.2, -0.15) is 4.98 Å². The molecule has 0 fully saturated rings. The van der Waals surface area contributed by atoms with Crippen LogP contribution in [0.25, 0.3) is 0 Å². The number of hydrazine groups is 1. The minimum atomic E-state index is -0.188. The van der Waals surface area contributed by atoms with Gasteiger partial charge in [0, 0.05) is 6.92 Å². The van der Waals surface area contributed by atoms with E-state index in [0.29, 0.717) is 15.9 Å². The molecule has 1 aromatic carbocycles. The van der Waals surface area contributed by atoms with Gasteiger partial charge in [0.05, 0.1) is 16.4 Å². The molecule has 0 aliphatic carbocycles. The molecule has 0 unspecified atom stereocenters. The largest absolute Gasteiger partial charge is 0.435 e. The molecule has 2 rings (SSSR count). The van der Waals surface area contributed by atoms with E-state index in [2.05, 4.69) is 36.6 Å². The van der Waals surface area contributed by atoms with E-state index < -0.39 is 0 Å². The van der Waals surface area contributed by atoms with Crippen molar-refractivity contribution in [3.8, 4) is 11.6 Å². The topological polar surface area (TPSA) is 102 Å². The van der Waals surface area contributed by atoms with Gasteiger partial charge in [-0.3, -0.25) is 10.2 Å². The number of nitrogens with one attached hydrogen (secondary N) is 2. The number of aromatic nitrogens is 2. The summed E-state index contributed by atoms with van der Waals surface area (Å²) in [4.78, 5) is 19.2. The van der Waals surface area contributed by atoms with Gasteiger partial charge >= 0.3 is 0 Å². The molecule has 0 saturated carbocycles. The summed E-state index contributed by atoms with van der Waals surface area (Å²) in [6, 6.07) is 7.03. The van der Waals surface area contributed by atoms with Crippen LogP contribution in [-0.4, -0.2) is 15.9 Å². The predicted molar refractivity (Wildman–Crippen MR) is 78.4 cm³/mol. The second-order valence-electron chi connectivity index (χ2n) is 3.77. The Morgan fingerprint density at radius 3 is 2.85 bits per heavy atom. The number of ether oxygens (including phenoxy) is 1. The maximum absolute atomic E-state index is 11.2. The Morgan fingerprint density at radius 2 is 2.15 bits per heavy atom. The van der Waals surface area contributed by atoms with Gasteiger partial charge in [0.1, 0.15) is 0 Å². The summed E-state index contributed by atoms with van der Waals surface area (Å²) >= 11 is 3.29. The molecule has 0 aliphatic heterocycles. The number of hydrogen-bond acceptors (Lipinski definition) is 6. The van der Waals surface area contributed by atoms with Crippen LogP contribution in [0.5, 0.6) is 11.6 Å². The van der Waals surface area contributed by atoms with Crippen LogP contribution in [0.4, 0.5) is 11.6 Å². The van der Waals surface area contributed by atoms with E-state index in [1.54, 1.807) is 24.3 Å². The third kappa shape index (κ3) is 3.43. The molecule has 2 aromatic rings. The normalized spacial score (nSPS) is 9.95. The fourth-order valence-corrected chi connectivity index (χ4v) is 1.72. The molecule has 0 spiro atoms. The lowest BCUT2D eigenvalue weighted by Crippen LogP contribution is -2.11. The van der Waals surface area contributed by atoms with E-state index >= 15 is 0 Å². The number of anilines is 2. The number of para-hydroxylation sites is 2. The molecule has 0 atom stereocenters. The molecule has 1 heterocycles. The smallest absolute Gasteiger partial charge is 0.240 e. The van der Waals surface area contributed by atoms with Crippen molar-refractivity contribution in [1.82, 2.24) is 9.97 Å². The molecule has 8 heteroatoms. The zero-order valence-corrected chi connectivity index (χ0v) is 12.1. The van der Waals surface area contributed by atoms with Crippen molar-refractivity contribution in [2.75, 3.05) is 10.7 Å². The molecule has 0 aliphatic rings. The summed E-state index contributed by atoms with van der Waals surface area (Å²) in [6.07, 6.45) is 1.51. The van der Waals surface area contributed by atoms with Crippen molar-refractivity contribution in [2.24, 2.45) is 5.84 Å². The summed E-state index contributed by atoms with van der Waals surface area (Å²) in [5, 5.41) is 2.68. The van der Waals surface area contributed by atoms with E-state index in [9.17, 15) is 4.79 Å². The van der Waals surface area contributed by atoms with Gasteiger partial charge in [-0.05, 0) is 28.1 Å². The Kier molecular flexibility index (Phi) is 4.49. The van der Waals surface area contributed by atoms with Crippen LogP contribution in [0.3, 0.4) is 0 Å². The molecule has 104 valence electrons. The molecular formula is C12H12BrN5O2. The van der Waals surface area contributed by atoms with Crippen LogP contribution < -0.4 is 21.3 Å². The van der Waals surface area contributed by atoms with Gasteiger partial charge < -0.3 is 10.1 Å². The van der Waals surface area contributed by atoms with Crippen molar-refractivity contribution >= 4 is 33.5 Å². The first-order chi connectivity index (χ1) is 9.60. The van der Waals surface area contributed by atoms with Crippen molar-refractivity contribution in [3.05, 3.63) is 34.9 Å². The number of nitrogens with zero attached hydrogens (tertiary/aromatic N) is 2. The zero-order valence-electron chi connectivity index (χ0n) is 10.6. The molecule has 0 bridgehead atoms. The van der Waals surface area contributed by atoms with Crippen molar-refractivity contribution < 1.29 is 9.53 Å². The van der Waals surface area contributed by atoms with E-state index in [1.165, 1.54) is 13.1 Å². The maximum Gasteiger partial charge on any atom is 0.240 e. The molecule has 1 aromatic heterocycles. The number of carbonyl (C=O) groups excluding carboxylic acids is 1. The van der Waals surface area contributed by atoms with Gasteiger partial charge in [0.15, 0.2) is 5.75 Å². The summed E-state index contributed by atoms with van der Waals surface area (Å²) in [5.74, 6) is 6.04. The van der Waals surface area contributed by atoms with E-state index in [-0.39, 0.29) is 17.7 Å². The minimum Gasteiger partial charge on any atom is -0.435 e. The summed E-state index contributed by atoms with van der Waals surface area (Å²) in [5.41, 5.74) is 2.88. The highest BCUT2D eigenvalue weighted by molar-refractivity contribution is 9.10. The highest BCUT2D eigenvalue weighted by Gasteiger charge is 2.10. The second-order valence-corrected chi connectivity index (χ2v) is 4.62. The number of carbonyl (C=O) groups is 1. The highest BCUT2D eigenvalue weighted by atomic mass is 79.9. The summed E-state index contributed by atoms with van der Waals surface area (Å²) in [7, 11) is 0. The minimum absolute atomic E-state index is 0.188. The van der Waals surface area contributed by atoms with Crippen molar-refractivity contribution in [2.45, 2.75) is 6.92 Å². The number of amides is 1. The lowest BCUT2D eigenvalue weighted by molar-refractivity contribution is -0.114. The van der Waals surface area contributed by atoms with Crippen LogP contribution >= 0.6 is 15.9 Å².